The van der Waals surface area contributed by atoms with Gasteiger partial charge in [-0.3, -0.25) is 4.79 Å². The second kappa shape index (κ2) is 7.91. The largest absolute Gasteiger partial charge is 0.353 e. The molecule has 1 aromatic rings. The molecule has 1 rings (SSSR count). The minimum absolute atomic E-state index is 0.171. The first-order valence-corrected chi connectivity index (χ1v) is 7.01. The van der Waals surface area contributed by atoms with Crippen LogP contribution in [0.3, 0.4) is 0 Å². The van der Waals surface area contributed by atoms with Gasteiger partial charge in [-0.25, -0.2) is 0 Å². The molecule has 0 aliphatic rings. The van der Waals surface area contributed by atoms with E-state index < -0.39 is 0 Å². The maximum absolute atomic E-state index is 11.9. The van der Waals surface area contributed by atoms with Gasteiger partial charge in [-0.2, -0.15) is 0 Å². The zero-order chi connectivity index (χ0) is 13.4. The van der Waals surface area contributed by atoms with Crippen LogP contribution >= 0.6 is 0 Å². The van der Waals surface area contributed by atoms with Crippen LogP contribution in [0.5, 0.6) is 0 Å². The van der Waals surface area contributed by atoms with Crippen LogP contribution in [0, 0.1) is 5.92 Å². The lowest BCUT2D eigenvalue weighted by molar-refractivity contribution is -0.125. The molecule has 0 spiro atoms. The van der Waals surface area contributed by atoms with Crippen molar-refractivity contribution in [3.63, 3.8) is 0 Å². The molecule has 0 aliphatic carbocycles. The second-order valence-electron chi connectivity index (χ2n) is 4.95. The standard InChI is InChI=1S/C16H25NO/c1-4-15(5-2)16(18)17-13(3)11-12-14-9-7-6-8-10-14/h6-10,13,15H,4-5,11-12H2,1-3H3,(H,17,18)/t13-/m1/s1. The van der Waals surface area contributed by atoms with Gasteiger partial charge in [-0.15, -0.1) is 0 Å². The van der Waals surface area contributed by atoms with Gasteiger partial charge in [0.05, 0.1) is 0 Å². The quantitative estimate of drug-likeness (QED) is 0.784. The third-order valence-electron chi connectivity index (χ3n) is 3.45. The van der Waals surface area contributed by atoms with Crippen LogP contribution in [-0.2, 0) is 11.2 Å². The number of nitrogens with one attached hydrogen (secondary N) is 1. The van der Waals surface area contributed by atoms with E-state index >= 15 is 0 Å². The van der Waals surface area contributed by atoms with E-state index in [4.69, 9.17) is 0 Å². The van der Waals surface area contributed by atoms with Gasteiger partial charge in [0.1, 0.15) is 0 Å². The van der Waals surface area contributed by atoms with Crippen LogP contribution in [0.4, 0.5) is 0 Å². The molecule has 0 saturated carbocycles. The topological polar surface area (TPSA) is 29.1 Å². The van der Waals surface area contributed by atoms with Gasteiger partial charge in [-0.05, 0) is 38.2 Å². The third kappa shape index (κ3) is 4.91. The molecule has 1 amide bonds. The Morgan fingerprint density at radius 3 is 2.33 bits per heavy atom. The average molecular weight is 247 g/mol. The molecule has 1 N–H and O–H groups in total. The molecule has 0 saturated heterocycles. The van der Waals surface area contributed by atoms with Crippen LogP contribution in [0.1, 0.15) is 45.6 Å². The SMILES string of the molecule is CCC(CC)C(=O)N[C@H](C)CCc1ccccc1. The van der Waals surface area contributed by atoms with E-state index in [2.05, 4.69) is 50.4 Å². The first-order chi connectivity index (χ1) is 8.67. The number of hydrogen-bond donors (Lipinski definition) is 1. The summed E-state index contributed by atoms with van der Waals surface area (Å²) in [6, 6.07) is 10.7. The number of carbonyl (C=O) groups excluding carboxylic acids is 1. The van der Waals surface area contributed by atoms with Crippen molar-refractivity contribution in [3.05, 3.63) is 35.9 Å². The van der Waals surface area contributed by atoms with E-state index in [1.807, 2.05) is 6.07 Å². The van der Waals surface area contributed by atoms with E-state index in [9.17, 15) is 4.79 Å². The van der Waals surface area contributed by atoms with Gasteiger partial charge in [-0.1, -0.05) is 44.2 Å². The lowest BCUT2D eigenvalue weighted by Crippen LogP contribution is -2.37. The highest BCUT2D eigenvalue weighted by Gasteiger charge is 2.15. The van der Waals surface area contributed by atoms with Crippen molar-refractivity contribution >= 4 is 5.91 Å². The van der Waals surface area contributed by atoms with Crippen molar-refractivity contribution < 1.29 is 4.79 Å². The number of aryl methyl sites for hydroxylation is 1. The molecule has 0 unspecified atom stereocenters. The molecule has 18 heavy (non-hydrogen) atoms. The van der Waals surface area contributed by atoms with Gasteiger partial charge < -0.3 is 5.32 Å². The maximum Gasteiger partial charge on any atom is 0.223 e. The number of hydrogen-bond acceptors (Lipinski definition) is 1. The fourth-order valence-electron chi connectivity index (χ4n) is 2.12. The molecule has 1 atom stereocenters. The summed E-state index contributed by atoms with van der Waals surface area (Å²) in [7, 11) is 0. The maximum atomic E-state index is 11.9. The highest BCUT2D eigenvalue weighted by Crippen LogP contribution is 2.09. The fourth-order valence-corrected chi connectivity index (χ4v) is 2.12. The highest BCUT2D eigenvalue weighted by atomic mass is 16.1. The van der Waals surface area contributed by atoms with Gasteiger partial charge in [0, 0.05) is 12.0 Å². The van der Waals surface area contributed by atoms with Crippen molar-refractivity contribution in [2.75, 3.05) is 0 Å². The van der Waals surface area contributed by atoms with E-state index in [-0.39, 0.29) is 17.9 Å². The number of carbonyl (C=O) groups is 1. The van der Waals surface area contributed by atoms with Gasteiger partial charge in [0.25, 0.3) is 0 Å². The Morgan fingerprint density at radius 2 is 1.78 bits per heavy atom. The van der Waals surface area contributed by atoms with Gasteiger partial charge in [0.2, 0.25) is 5.91 Å². The Balaban J connectivity index is 2.33. The second-order valence-corrected chi connectivity index (χ2v) is 4.95. The smallest absolute Gasteiger partial charge is 0.223 e. The number of benzene rings is 1. The van der Waals surface area contributed by atoms with E-state index in [0.29, 0.717) is 0 Å². The summed E-state index contributed by atoms with van der Waals surface area (Å²) in [6.45, 7) is 6.23. The Labute approximate surface area is 111 Å². The third-order valence-corrected chi connectivity index (χ3v) is 3.45. The summed E-state index contributed by atoms with van der Waals surface area (Å²) in [6.07, 6.45) is 3.86. The van der Waals surface area contributed by atoms with Crippen molar-refractivity contribution in [1.82, 2.24) is 5.32 Å². The van der Waals surface area contributed by atoms with E-state index in [1.54, 1.807) is 0 Å². The van der Waals surface area contributed by atoms with Crippen LogP contribution in [0.2, 0.25) is 0 Å². The summed E-state index contributed by atoms with van der Waals surface area (Å²) in [4.78, 5) is 11.9. The van der Waals surface area contributed by atoms with E-state index in [1.165, 1.54) is 5.56 Å². The molecule has 0 fully saturated rings. The Bertz CT molecular complexity index is 343. The molecule has 0 bridgehead atoms. The lowest BCUT2D eigenvalue weighted by Gasteiger charge is -2.18. The molecule has 2 heteroatoms. The molecule has 0 heterocycles. The normalized spacial score (nSPS) is 12.4. The molecule has 0 aromatic heterocycles. The summed E-state index contributed by atoms with van der Waals surface area (Å²) < 4.78 is 0. The minimum Gasteiger partial charge on any atom is -0.353 e. The zero-order valence-corrected chi connectivity index (χ0v) is 11.8. The predicted octanol–water partition coefficient (Wildman–Crippen LogP) is 3.56. The van der Waals surface area contributed by atoms with Gasteiger partial charge in [0.15, 0.2) is 0 Å². The number of rotatable bonds is 7. The van der Waals surface area contributed by atoms with Crippen molar-refractivity contribution in [1.29, 1.82) is 0 Å². The summed E-state index contributed by atoms with van der Waals surface area (Å²) >= 11 is 0. The molecular weight excluding hydrogens is 222 g/mol. The number of amides is 1. The van der Waals surface area contributed by atoms with Crippen LogP contribution in [0.25, 0.3) is 0 Å². The molecule has 0 radical (unpaired) electrons. The Hall–Kier alpha value is -1.31. The van der Waals surface area contributed by atoms with Gasteiger partial charge >= 0.3 is 0 Å². The molecule has 1 aromatic carbocycles. The van der Waals surface area contributed by atoms with Crippen LogP contribution in [-0.4, -0.2) is 11.9 Å². The summed E-state index contributed by atoms with van der Waals surface area (Å²) in [5, 5.41) is 3.11. The zero-order valence-electron chi connectivity index (χ0n) is 11.8. The van der Waals surface area contributed by atoms with Crippen LogP contribution in [0.15, 0.2) is 30.3 Å². The molecule has 100 valence electrons. The Morgan fingerprint density at radius 1 is 1.17 bits per heavy atom. The lowest BCUT2D eigenvalue weighted by atomic mass is 10.0. The summed E-state index contributed by atoms with van der Waals surface area (Å²) in [5.41, 5.74) is 1.33. The van der Waals surface area contributed by atoms with E-state index in [0.717, 1.165) is 25.7 Å². The fraction of sp³-hybridized carbons (Fsp3) is 0.562. The van der Waals surface area contributed by atoms with Crippen LogP contribution < -0.4 is 5.32 Å². The first kappa shape index (κ1) is 14.7. The monoisotopic (exact) mass is 247 g/mol. The molecule has 0 aliphatic heterocycles. The van der Waals surface area contributed by atoms with Crippen molar-refractivity contribution in [3.8, 4) is 0 Å². The summed E-state index contributed by atoms with van der Waals surface area (Å²) in [5.74, 6) is 0.379. The first-order valence-electron chi connectivity index (χ1n) is 7.01. The molecule has 2 nitrogen and oxygen atoms in total. The Kier molecular flexibility index (Phi) is 6.48. The average Bonchev–Trinajstić information content (AvgIpc) is 2.39. The minimum atomic E-state index is 0.171. The molecular formula is C16H25NO. The highest BCUT2D eigenvalue weighted by molar-refractivity contribution is 5.78. The van der Waals surface area contributed by atoms with Crippen molar-refractivity contribution in [2.24, 2.45) is 5.92 Å². The predicted molar refractivity (Wildman–Crippen MR) is 76.4 cm³/mol. The van der Waals surface area contributed by atoms with Crippen molar-refractivity contribution in [2.45, 2.75) is 52.5 Å².